The maximum absolute atomic E-state index is 14.2. The summed E-state index contributed by atoms with van der Waals surface area (Å²) < 4.78 is 30.6. The van der Waals surface area contributed by atoms with E-state index in [1.807, 2.05) is 13.0 Å². The minimum absolute atomic E-state index is 0.0222. The lowest BCUT2D eigenvalue weighted by molar-refractivity contribution is -0.184. The van der Waals surface area contributed by atoms with Crippen LogP contribution in [0.1, 0.15) is 54.2 Å². The molecule has 0 bridgehead atoms. The van der Waals surface area contributed by atoms with E-state index in [1.54, 1.807) is 48.5 Å². The highest BCUT2D eigenvalue weighted by molar-refractivity contribution is 7.90. The van der Waals surface area contributed by atoms with Crippen LogP contribution in [0.15, 0.2) is 71.6 Å². The first-order valence-electron chi connectivity index (χ1n) is 12.9. The Labute approximate surface area is 249 Å². The van der Waals surface area contributed by atoms with Crippen molar-refractivity contribution in [1.82, 2.24) is 4.90 Å². The monoisotopic (exact) mass is 614 g/mol. The molecule has 4 atom stereocenters. The van der Waals surface area contributed by atoms with Gasteiger partial charge in [0.1, 0.15) is 18.2 Å². The highest BCUT2D eigenvalue weighted by atomic mass is 35.5. The van der Waals surface area contributed by atoms with Crippen molar-refractivity contribution in [2.24, 2.45) is 0 Å². The van der Waals surface area contributed by atoms with Gasteiger partial charge in [0.2, 0.25) is 0 Å². The van der Waals surface area contributed by atoms with Crippen LogP contribution in [-0.2, 0) is 30.6 Å². The maximum Gasteiger partial charge on any atom is 0.326 e. The van der Waals surface area contributed by atoms with E-state index in [9.17, 15) is 28.4 Å². The van der Waals surface area contributed by atoms with E-state index in [0.717, 1.165) is 6.26 Å². The molecule has 1 aliphatic heterocycles. The predicted octanol–water partition coefficient (Wildman–Crippen LogP) is 5.77. The molecular weight excluding hydrogens is 587 g/mol. The number of carbonyl (C=O) groups excluding carboxylic acids is 1. The van der Waals surface area contributed by atoms with Crippen molar-refractivity contribution in [2.75, 3.05) is 6.26 Å². The number of nitrogens with zero attached hydrogens (tertiary/aromatic N) is 2. The van der Waals surface area contributed by atoms with Crippen molar-refractivity contribution in [3.8, 4) is 6.07 Å². The van der Waals surface area contributed by atoms with Gasteiger partial charge in [-0.15, -0.1) is 0 Å². The topological polar surface area (TPSA) is 125 Å². The van der Waals surface area contributed by atoms with Gasteiger partial charge in [0, 0.05) is 22.7 Å². The number of halogens is 2. The summed E-state index contributed by atoms with van der Waals surface area (Å²) >= 11 is 12.3. The molecule has 1 N–H and O–H groups in total. The Morgan fingerprint density at radius 1 is 1.05 bits per heavy atom. The second-order valence-electron chi connectivity index (χ2n) is 9.89. The van der Waals surface area contributed by atoms with Crippen LogP contribution >= 0.6 is 23.2 Å². The average molecular weight is 616 g/mol. The van der Waals surface area contributed by atoms with Gasteiger partial charge in [0.25, 0.3) is 5.91 Å². The van der Waals surface area contributed by atoms with Crippen LogP contribution in [0.2, 0.25) is 10.0 Å². The molecule has 0 unspecified atom stereocenters. The Kier molecular flexibility index (Phi) is 9.40. The number of ether oxygens (including phenoxy) is 1. The fourth-order valence-electron chi connectivity index (χ4n) is 5.07. The van der Waals surface area contributed by atoms with E-state index in [4.69, 9.17) is 27.9 Å². The van der Waals surface area contributed by atoms with Gasteiger partial charge in [-0.25, -0.2) is 13.2 Å². The number of carbonyl (C=O) groups is 2. The summed E-state index contributed by atoms with van der Waals surface area (Å²) in [6, 6.07) is 17.9. The molecule has 3 aromatic rings. The van der Waals surface area contributed by atoms with E-state index in [-0.39, 0.29) is 23.3 Å². The molecular formula is C30H28Cl2N2O6S. The van der Waals surface area contributed by atoms with Crippen LogP contribution in [-0.4, -0.2) is 48.7 Å². The number of nitriles is 1. The molecule has 1 amide bonds. The first kappa shape index (κ1) is 30.5. The minimum Gasteiger partial charge on any atom is -0.480 e. The fourth-order valence-corrected chi connectivity index (χ4v) is 5.97. The molecule has 0 aliphatic carbocycles. The Bertz CT molecular complexity index is 1590. The predicted molar refractivity (Wildman–Crippen MR) is 154 cm³/mol. The lowest BCUT2D eigenvalue weighted by atomic mass is 9.88. The van der Waals surface area contributed by atoms with Crippen molar-refractivity contribution in [3.05, 3.63) is 99.0 Å². The number of benzene rings is 3. The Hall–Kier alpha value is -3.42. The van der Waals surface area contributed by atoms with Crippen molar-refractivity contribution < 1.29 is 27.9 Å². The molecule has 3 aromatic carbocycles. The quantitative estimate of drug-likeness (QED) is 0.324. The number of rotatable bonds is 9. The van der Waals surface area contributed by atoms with E-state index >= 15 is 0 Å². The van der Waals surface area contributed by atoms with Gasteiger partial charge >= 0.3 is 5.97 Å². The highest BCUT2D eigenvalue weighted by Crippen LogP contribution is 2.44. The maximum atomic E-state index is 14.2. The first-order valence-corrected chi connectivity index (χ1v) is 15.5. The molecule has 41 heavy (non-hydrogen) atoms. The molecule has 11 heteroatoms. The normalized spacial score (nSPS) is 19.9. The van der Waals surface area contributed by atoms with Gasteiger partial charge in [-0.1, -0.05) is 66.9 Å². The van der Waals surface area contributed by atoms with Crippen LogP contribution < -0.4 is 0 Å². The fraction of sp³-hybridized carbons (Fsp3) is 0.300. The second-order valence-corrected chi connectivity index (χ2v) is 12.8. The lowest BCUT2D eigenvalue weighted by Crippen LogP contribution is -2.57. The van der Waals surface area contributed by atoms with E-state index in [1.165, 1.54) is 23.1 Å². The van der Waals surface area contributed by atoms with Gasteiger partial charge in [0.05, 0.1) is 22.6 Å². The zero-order valence-corrected chi connectivity index (χ0v) is 24.7. The zero-order valence-electron chi connectivity index (χ0n) is 22.3. The van der Waals surface area contributed by atoms with Gasteiger partial charge < -0.3 is 14.7 Å². The summed E-state index contributed by atoms with van der Waals surface area (Å²) in [6.45, 7) is 1.84. The average Bonchev–Trinajstić information content (AvgIpc) is 2.93. The van der Waals surface area contributed by atoms with Crippen LogP contribution in [0.3, 0.4) is 0 Å². The Morgan fingerprint density at radius 2 is 1.63 bits per heavy atom. The third-order valence-electron chi connectivity index (χ3n) is 7.06. The molecule has 0 saturated carbocycles. The van der Waals surface area contributed by atoms with Crippen molar-refractivity contribution >= 4 is 44.9 Å². The molecule has 1 saturated heterocycles. The standard InChI is InChI=1S/C30H28Cl2N2O6S/c1-3-4-25(30(36)37)34-27(18-5-10-22(31)11-6-18)28(19-7-12-23(32)13-8-19)40-26(29(34)35)16-20-9-14-24(41(2,38)39)15-21(20)17-33/h5-15,25-28H,3-4,16H2,1-2H3,(H,36,37)/t25-,26+,27-,28+/m1/s1. The van der Waals surface area contributed by atoms with Crippen LogP contribution in [0.25, 0.3) is 0 Å². The Balaban J connectivity index is 1.87. The molecule has 4 rings (SSSR count). The van der Waals surface area contributed by atoms with Crippen molar-refractivity contribution in [1.29, 1.82) is 5.26 Å². The third-order valence-corrected chi connectivity index (χ3v) is 8.67. The molecule has 0 spiro atoms. The number of morpholine rings is 1. The molecule has 8 nitrogen and oxygen atoms in total. The van der Waals surface area contributed by atoms with Gasteiger partial charge in [0.15, 0.2) is 9.84 Å². The summed E-state index contributed by atoms with van der Waals surface area (Å²) in [5.41, 5.74) is 1.80. The van der Waals surface area contributed by atoms with Gasteiger partial charge in [-0.2, -0.15) is 5.26 Å². The molecule has 1 aliphatic rings. The van der Waals surface area contributed by atoms with E-state index in [0.29, 0.717) is 33.2 Å². The SMILES string of the molecule is CCC[C@H](C(=O)O)N1C(=O)[C@H](Cc2ccc(S(C)(=O)=O)cc2C#N)O[C@@H](c2ccc(Cl)cc2)[C@H]1c1ccc(Cl)cc1. The number of hydrogen-bond acceptors (Lipinski definition) is 6. The molecule has 1 heterocycles. The Morgan fingerprint density at radius 3 is 2.15 bits per heavy atom. The van der Waals surface area contributed by atoms with Gasteiger partial charge in [-0.3, -0.25) is 4.79 Å². The van der Waals surface area contributed by atoms with Gasteiger partial charge in [-0.05, 0) is 59.5 Å². The zero-order chi connectivity index (χ0) is 29.9. The molecule has 1 fully saturated rings. The number of sulfone groups is 1. The number of aliphatic carboxylic acids is 1. The summed E-state index contributed by atoms with van der Waals surface area (Å²) in [5, 5.41) is 21.0. The molecule has 0 aromatic heterocycles. The molecule has 0 radical (unpaired) electrons. The summed E-state index contributed by atoms with van der Waals surface area (Å²) in [4.78, 5) is 28.1. The lowest BCUT2D eigenvalue weighted by Gasteiger charge is -2.47. The summed E-state index contributed by atoms with van der Waals surface area (Å²) in [7, 11) is -3.56. The van der Waals surface area contributed by atoms with Crippen LogP contribution in [0.4, 0.5) is 0 Å². The minimum atomic E-state index is -3.56. The number of carboxylic acid groups (broad SMARTS) is 1. The third kappa shape index (κ3) is 6.74. The number of carboxylic acids is 1. The first-order chi connectivity index (χ1) is 19.4. The number of amides is 1. The summed E-state index contributed by atoms with van der Waals surface area (Å²) in [5.74, 6) is -1.70. The summed E-state index contributed by atoms with van der Waals surface area (Å²) in [6.07, 6.45) is -0.265. The van der Waals surface area contributed by atoms with E-state index in [2.05, 4.69) is 0 Å². The van der Waals surface area contributed by atoms with Crippen LogP contribution in [0, 0.1) is 11.3 Å². The van der Waals surface area contributed by atoms with Crippen molar-refractivity contribution in [3.63, 3.8) is 0 Å². The smallest absolute Gasteiger partial charge is 0.326 e. The van der Waals surface area contributed by atoms with Crippen molar-refractivity contribution in [2.45, 2.75) is 55.4 Å². The van der Waals surface area contributed by atoms with Crippen LogP contribution in [0.5, 0.6) is 0 Å². The highest BCUT2D eigenvalue weighted by Gasteiger charge is 2.48. The number of hydrogen-bond donors (Lipinski definition) is 1. The largest absolute Gasteiger partial charge is 0.480 e. The molecule has 214 valence electrons. The second kappa shape index (κ2) is 12.6. The van der Waals surface area contributed by atoms with E-state index < -0.39 is 46.0 Å².